The van der Waals surface area contributed by atoms with Crippen LogP contribution in [0.1, 0.15) is 19.4 Å². The highest BCUT2D eigenvalue weighted by molar-refractivity contribution is 7.86. The molecule has 1 aromatic rings. The van der Waals surface area contributed by atoms with Gasteiger partial charge in [0.25, 0.3) is 5.69 Å². The number of aryl methyl sites for hydroxylation is 1. The van der Waals surface area contributed by atoms with E-state index in [1.807, 2.05) is 13.8 Å². The summed E-state index contributed by atoms with van der Waals surface area (Å²) in [4.78, 5) is 24.3. The number of anilines is 1. The van der Waals surface area contributed by atoms with Gasteiger partial charge in [0.05, 0.1) is 15.4 Å². The minimum absolute atomic E-state index is 0.0685. The van der Waals surface area contributed by atoms with E-state index in [1.165, 1.54) is 12.1 Å². The molecule has 8 heteroatoms. The molecule has 1 aromatic carbocycles. The third-order valence-electron chi connectivity index (χ3n) is 3.70. The lowest BCUT2D eigenvalue weighted by molar-refractivity contribution is -0.384. The molecule has 0 radical (unpaired) electrons. The second kappa shape index (κ2) is 6.04. The lowest BCUT2D eigenvalue weighted by Crippen LogP contribution is -2.53. The van der Waals surface area contributed by atoms with Crippen LogP contribution in [0, 0.1) is 17.0 Å². The molecule has 0 saturated carbocycles. The van der Waals surface area contributed by atoms with Gasteiger partial charge in [-0.2, -0.15) is 0 Å². The Kier molecular flexibility index (Phi) is 4.50. The van der Waals surface area contributed by atoms with Crippen molar-refractivity contribution >= 4 is 28.2 Å². The Morgan fingerprint density at radius 1 is 1.45 bits per heavy atom. The summed E-state index contributed by atoms with van der Waals surface area (Å²) < 4.78 is 11.4. The number of non-ortho nitro benzene ring substituents is 1. The number of amides is 2. The molecule has 120 valence electrons. The number of nitro groups is 1. The van der Waals surface area contributed by atoms with E-state index in [2.05, 4.69) is 5.32 Å². The molecule has 0 bridgehead atoms. The quantitative estimate of drug-likeness (QED) is 0.667. The average molecular weight is 325 g/mol. The number of carbonyl (C=O) groups is 1. The number of carbonyl (C=O) groups excluding carboxylic acids is 1. The van der Waals surface area contributed by atoms with Crippen LogP contribution >= 0.6 is 0 Å². The van der Waals surface area contributed by atoms with Gasteiger partial charge in [-0.1, -0.05) is 6.07 Å². The number of rotatable bonds is 2. The average Bonchev–Trinajstić information content (AvgIpc) is 2.43. The van der Waals surface area contributed by atoms with E-state index in [0.717, 1.165) is 5.56 Å². The molecule has 0 spiro atoms. The Bertz CT molecular complexity index is 645. The topological polar surface area (TPSA) is 92.6 Å². The zero-order valence-electron chi connectivity index (χ0n) is 12.8. The molecule has 22 heavy (non-hydrogen) atoms. The molecule has 1 unspecified atom stereocenters. The summed E-state index contributed by atoms with van der Waals surface area (Å²) in [5.74, 6) is 0.439. The fourth-order valence-corrected chi connectivity index (χ4v) is 3.54. The predicted octanol–water partition coefficient (Wildman–Crippen LogP) is 2.28. The third kappa shape index (κ3) is 3.44. The monoisotopic (exact) mass is 325 g/mol. The maximum absolute atomic E-state index is 12.3. The molecule has 1 aliphatic heterocycles. The maximum Gasteiger partial charge on any atom is 0.321 e. The van der Waals surface area contributed by atoms with Crippen LogP contribution in [0.4, 0.5) is 16.2 Å². The van der Waals surface area contributed by atoms with Crippen LogP contribution < -0.4 is 5.32 Å². The first-order chi connectivity index (χ1) is 10.2. The molecule has 0 aliphatic carbocycles. The normalized spacial score (nSPS) is 20.5. The van der Waals surface area contributed by atoms with E-state index in [4.69, 9.17) is 0 Å². The summed E-state index contributed by atoms with van der Waals surface area (Å²) >= 11 is 0. The van der Waals surface area contributed by atoms with Gasteiger partial charge in [0.15, 0.2) is 0 Å². The van der Waals surface area contributed by atoms with E-state index in [-0.39, 0.29) is 11.7 Å². The highest BCUT2D eigenvalue weighted by atomic mass is 32.2. The number of hydrogen-bond donors (Lipinski definition) is 1. The van der Waals surface area contributed by atoms with Crippen molar-refractivity contribution < 1.29 is 13.9 Å². The van der Waals surface area contributed by atoms with Crippen LogP contribution in [-0.2, 0) is 10.8 Å². The van der Waals surface area contributed by atoms with Crippen molar-refractivity contribution in [1.82, 2.24) is 4.90 Å². The van der Waals surface area contributed by atoms with E-state index in [9.17, 15) is 19.1 Å². The zero-order chi connectivity index (χ0) is 16.5. The number of urea groups is 1. The number of nitrogens with one attached hydrogen (secondary N) is 1. The third-order valence-corrected chi connectivity index (χ3v) is 5.61. The van der Waals surface area contributed by atoms with Gasteiger partial charge < -0.3 is 10.2 Å². The molecular formula is C14H19N3O4S. The van der Waals surface area contributed by atoms with Crippen molar-refractivity contribution in [2.75, 3.05) is 24.2 Å². The molecule has 2 rings (SSSR count). The van der Waals surface area contributed by atoms with Gasteiger partial charge >= 0.3 is 6.03 Å². The fourth-order valence-electron chi connectivity index (χ4n) is 2.31. The van der Waals surface area contributed by atoms with Crippen molar-refractivity contribution in [3.05, 3.63) is 33.9 Å². The highest BCUT2D eigenvalue weighted by Crippen LogP contribution is 2.24. The predicted molar refractivity (Wildman–Crippen MR) is 85.5 cm³/mol. The molecule has 1 aliphatic rings. The highest BCUT2D eigenvalue weighted by Gasteiger charge is 2.35. The standard InChI is InChI=1S/C14H19N3O4S/c1-10-4-5-11(17(19)20)8-12(10)15-13(18)16-6-7-22(21)14(2,3)9-16/h4-5,8H,6-7,9H2,1-3H3,(H,15,18). The van der Waals surface area contributed by atoms with Crippen molar-refractivity contribution in [2.45, 2.75) is 25.5 Å². The summed E-state index contributed by atoms with van der Waals surface area (Å²) in [7, 11) is -0.959. The van der Waals surface area contributed by atoms with Crippen LogP contribution in [0.15, 0.2) is 18.2 Å². The van der Waals surface area contributed by atoms with E-state index >= 15 is 0 Å². The summed E-state index contributed by atoms with van der Waals surface area (Å²) in [6, 6.07) is 4.02. The lowest BCUT2D eigenvalue weighted by atomic mass is 10.1. The van der Waals surface area contributed by atoms with Gasteiger partial charge in [0, 0.05) is 41.8 Å². The minimum Gasteiger partial charge on any atom is -0.322 e. The largest absolute Gasteiger partial charge is 0.322 e. The Morgan fingerprint density at radius 3 is 2.73 bits per heavy atom. The zero-order valence-corrected chi connectivity index (χ0v) is 13.6. The first-order valence-electron chi connectivity index (χ1n) is 6.90. The second-order valence-electron chi connectivity index (χ2n) is 5.92. The minimum atomic E-state index is -0.959. The number of hydrogen-bond acceptors (Lipinski definition) is 4. The van der Waals surface area contributed by atoms with Gasteiger partial charge in [-0.25, -0.2) is 4.79 Å². The molecule has 7 nitrogen and oxygen atoms in total. The Labute approximate surface area is 131 Å². The van der Waals surface area contributed by atoms with E-state index < -0.39 is 20.5 Å². The summed E-state index contributed by atoms with van der Waals surface area (Å²) in [6.45, 7) is 6.30. The van der Waals surface area contributed by atoms with Crippen LogP contribution in [0.25, 0.3) is 0 Å². The van der Waals surface area contributed by atoms with Crippen molar-refractivity contribution in [3.8, 4) is 0 Å². The summed E-state index contributed by atoms with van der Waals surface area (Å²) in [5, 5.41) is 13.5. The van der Waals surface area contributed by atoms with E-state index in [1.54, 1.807) is 17.9 Å². The molecule has 1 atom stereocenters. The van der Waals surface area contributed by atoms with Crippen LogP contribution in [0.2, 0.25) is 0 Å². The van der Waals surface area contributed by atoms with Crippen LogP contribution in [0.3, 0.4) is 0 Å². The number of nitrogens with zero attached hydrogens (tertiary/aromatic N) is 2. The Morgan fingerprint density at radius 2 is 2.14 bits per heavy atom. The second-order valence-corrected chi connectivity index (χ2v) is 8.12. The van der Waals surface area contributed by atoms with Gasteiger partial charge in [0.1, 0.15) is 0 Å². The Balaban J connectivity index is 2.14. The lowest BCUT2D eigenvalue weighted by Gasteiger charge is -2.37. The van der Waals surface area contributed by atoms with Gasteiger partial charge in [-0.05, 0) is 26.3 Å². The molecule has 1 N–H and O–H groups in total. The first kappa shape index (κ1) is 16.4. The Hall–Kier alpha value is -1.96. The smallest absolute Gasteiger partial charge is 0.321 e. The molecule has 1 heterocycles. The number of nitro benzene ring substituents is 1. The molecule has 1 saturated heterocycles. The van der Waals surface area contributed by atoms with Gasteiger partial charge in [0.2, 0.25) is 0 Å². The van der Waals surface area contributed by atoms with Crippen LogP contribution in [0.5, 0.6) is 0 Å². The maximum atomic E-state index is 12.3. The summed E-state index contributed by atoms with van der Waals surface area (Å²) in [5.41, 5.74) is 1.10. The fraction of sp³-hybridized carbons (Fsp3) is 0.500. The van der Waals surface area contributed by atoms with Gasteiger partial charge in [-0.3, -0.25) is 14.3 Å². The summed E-state index contributed by atoms with van der Waals surface area (Å²) in [6.07, 6.45) is 0. The van der Waals surface area contributed by atoms with Crippen molar-refractivity contribution in [2.24, 2.45) is 0 Å². The van der Waals surface area contributed by atoms with Crippen LogP contribution in [-0.4, -0.2) is 43.7 Å². The molecule has 0 aromatic heterocycles. The van der Waals surface area contributed by atoms with Gasteiger partial charge in [-0.15, -0.1) is 0 Å². The first-order valence-corrected chi connectivity index (χ1v) is 8.22. The molecular weight excluding hydrogens is 306 g/mol. The molecule has 2 amide bonds. The molecule has 1 fully saturated rings. The van der Waals surface area contributed by atoms with Crippen molar-refractivity contribution in [3.63, 3.8) is 0 Å². The van der Waals surface area contributed by atoms with E-state index in [0.29, 0.717) is 24.5 Å². The van der Waals surface area contributed by atoms with Crippen molar-refractivity contribution in [1.29, 1.82) is 0 Å². The number of benzene rings is 1. The SMILES string of the molecule is Cc1ccc([N+](=O)[O-])cc1NC(=O)N1CCS(=O)C(C)(C)C1.